The molecule has 0 saturated heterocycles. The molecule has 0 saturated carbocycles. The Morgan fingerprint density at radius 3 is 2.62 bits per heavy atom. The highest BCUT2D eigenvalue weighted by molar-refractivity contribution is 7.81. The maximum atomic E-state index is 5.62. The zero-order chi connectivity index (χ0) is 12.3. The van der Waals surface area contributed by atoms with E-state index in [1.54, 1.807) is 0 Å². The second-order valence-electron chi connectivity index (χ2n) is 4.98. The van der Waals surface area contributed by atoms with E-state index in [9.17, 15) is 0 Å². The van der Waals surface area contributed by atoms with Crippen LogP contribution in [0.3, 0.4) is 0 Å². The number of rotatable bonds is 4. The van der Waals surface area contributed by atoms with Gasteiger partial charge in [-0.25, -0.2) is 4.68 Å². The number of aryl methyl sites for hydroxylation is 1. The molecule has 1 aromatic heterocycles. The van der Waals surface area contributed by atoms with Crippen LogP contribution in [0.2, 0.25) is 0 Å². The highest BCUT2D eigenvalue weighted by atomic mass is 32.1. The van der Waals surface area contributed by atoms with Gasteiger partial charge in [-0.15, -0.1) is 12.6 Å². The third-order valence-corrected chi connectivity index (χ3v) is 2.41. The van der Waals surface area contributed by atoms with Gasteiger partial charge in [0.1, 0.15) is 11.3 Å². The van der Waals surface area contributed by atoms with E-state index in [0.29, 0.717) is 0 Å². The van der Waals surface area contributed by atoms with Gasteiger partial charge in [-0.3, -0.25) is 0 Å². The second kappa shape index (κ2) is 5.10. The Morgan fingerprint density at radius 1 is 1.56 bits per heavy atom. The summed E-state index contributed by atoms with van der Waals surface area (Å²) in [6.45, 7) is 9.46. The van der Waals surface area contributed by atoms with Crippen LogP contribution < -0.4 is 11.1 Å². The lowest BCUT2D eigenvalue weighted by molar-refractivity contribution is 0.530. The fourth-order valence-corrected chi connectivity index (χ4v) is 1.57. The summed E-state index contributed by atoms with van der Waals surface area (Å²) >= 11 is 4.13. The molecule has 1 heterocycles. The molecule has 0 aliphatic carbocycles. The van der Waals surface area contributed by atoms with Gasteiger partial charge in [-0.2, -0.15) is 5.10 Å². The Kier molecular flexibility index (Phi) is 4.27. The lowest BCUT2D eigenvalue weighted by atomic mass is 9.92. The lowest BCUT2D eigenvalue weighted by Crippen LogP contribution is -2.24. The summed E-state index contributed by atoms with van der Waals surface area (Å²) in [4.78, 5) is 0. The average molecular weight is 242 g/mol. The Morgan fingerprint density at radius 2 is 2.19 bits per heavy atom. The van der Waals surface area contributed by atoms with Crippen LogP contribution in [0.4, 0.5) is 5.82 Å². The molecular formula is C11H22N4S. The van der Waals surface area contributed by atoms with Gasteiger partial charge in [0.25, 0.3) is 0 Å². The number of nitrogens with zero attached hydrogens (tertiary/aromatic N) is 2. The van der Waals surface area contributed by atoms with Gasteiger partial charge in [0.15, 0.2) is 0 Å². The summed E-state index contributed by atoms with van der Waals surface area (Å²) < 4.78 is 1.96. The number of hydrogen-bond acceptors (Lipinski definition) is 4. The normalized spacial score (nSPS) is 13.9. The highest BCUT2D eigenvalue weighted by Gasteiger charge is 2.19. The van der Waals surface area contributed by atoms with E-state index < -0.39 is 0 Å². The number of nitrogens with two attached hydrogens (primary N) is 1. The van der Waals surface area contributed by atoms with Gasteiger partial charge in [0.2, 0.25) is 0 Å². The molecule has 0 radical (unpaired) electrons. The van der Waals surface area contributed by atoms with Crippen LogP contribution in [0.1, 0.15) is 39.8 Å². The first-order valence-corrected chi connectivity index (χ1v) is 6.14. The molecule has 0 bridgehead atoms. The smallest absolute Gasteiger partial charge is 0.126 e. The summed E-state index contributed by atoms with van der Waals surface area (Å²) in [5.41, 5.74) is 6.38. The molecule has 0 aliphatic heterocycles. The molecule has 0 amide bonds. The van der Waals surface area contributed by atoms with Crippen molar-refractivity contribution in [2.75, 3.05) is 5.32 Å². The van der Waals surface area contributed by atoms with Crippen molar-refractivity contribution in [2.24, 2.45) is 5.73 Å². The van der Waals surface area contributed by atoms with E-state index in [2.05, 4.69) is 50.7 Å². The zero-order valence-electron chi connectivity index (χ0n) is 10.5. The van der Waals surface area contributed by atoms with Crippen molar-refractivity contribution in [3.05, 3.63) is 11.8 Å². The molecule has 0 aromatic carbocycles. The summed E-state index contributed by atoms with van der Waals surface area (Å²) in [7, 11) is 0. The maximum Gasteiger partial charge on any atom is 0.126 e. The number of aromatic nitrogens is 2. The monoisotopic (exact) mass is 242 g/mol. The number of anilines is 1. The Hall–Kier alpha value is -0.680. The average Bonchev–Trinajstić information content (AvgIpc) is 2.47. The molecule has 1 aromatic rings. The molecule has 1 atom stereocenters. The standard InChI is InChI=1S/C11H22N4S/c1-5-6-15-9(13-10(12)16)7-8(14-15)11(2,3)4/h7,10,13,16H,5-6,12H2,1-4H3. The third-order valence-electron chi connectivity index (χ3n) is 2.28. The van der Waals surface area contributed by atoms with Crippen LogP contribution in [0, 0.1) is 0 Å². The van der Waals surface area contributed by atoms with Gasteiger partial charge >= 0.3 is 0 Å². The topological polar surface area (TPSA) is 55.9 Å². The predicted molar refractivity (Wildman–Crippen MR) is 71.8 cm³/mol. The van der Waals surface area contributed by atoms with Gasteiger partial charge in [-0.1, -0.05) is 27.7 Å². The minimum absolute atomic E-state index is 0.0517. The van der Waals surface area contributed by atoms with Gasteiger partial charge < -0.3 is 11.1 Å². The van der Waals surface area contributed by atoms with Crippen molar-refractivity contribution < 1.29 is 0 Å². The van der Waals surface area contributed by atoms with Crippen LogP contribution in [0.15, 0.2) is 6.07 Å². The SMILES string of the molecule is CCCn1nc(C(C)(C)C)cc1NC(N)S. The van der Waals surface area contributed by atoms with Crippen LogP contribution >= 0.6 is 12.6 Å². The minimum Gasteiger partial charge on any atom is -0.347 e. The summed E-state index contributed by atoms with van der Waals surface area (Å²) in [6, 6.07) is 2.05. The van der Waals surface area contributed by atoms with Gasteiger partial charge in [0, 0.05) is 18.0 Å². The van der Waals surface area contributed by atoms with E-state index in [0.717, 1.165) is 24.5 Å². The van der Waals surface area contributed by atoms with Crippen LogP contribution in [-0.2, 0) is 12.0 Å². The lowest BCUT2D eigenvalue weighted by Gasteiger charge is -2.13. The quantitative estimate of drug-likeness (QED) is 0.560. The summed E-state index contributed by atoms with van der Waals surface area (Å²) in [6.07, 6.45) is 1.04. The second-order valence-corrected chi connectivity index (χ2v) is 5.53. The fourth-order valence-electron chi connectivity index (χ4n) is 1.43. The van der Waals surface area contributed by atoms with Crippen molar-refractivity contribution >= 4 is 18.4 Å². The summed E-state index contributed by atoms with van der Waals surface area (Å²) in [5, 5.41) is 7.68. The Balaban J connectivity index is 3.00. The highest BCUT2D eigenvalue weighted by Crippen LogP contribution is 2.24. The van der Waals surface area contributed by atoms with Gasteiger partial charge in [0.05, 0.1) is 5.69 Å². The largest absolute Gasteiger partial charge is 0.347 e. The molecule has 92 valence electrons. The molecule has 16 heavy (non-hydrogen) atoms. The molecule has 3 N–H and O–H groups in total. The van der Waals surface area contributed by atoms with E-state index >= 15 is 0 Å². The van der Waals surface area contributed by atoms with Crippen LogP contribution in [-0.4, -0.2) is 15.3 Å². The molecule has 0 fully saturated rings. The zero-order valence-corrected chi connectivity index (χ0v) is 11.4. The Bertz CT molecular complexity index is 338. The van der Waals surface area contributed by atoms with Gasteiger partial charge in [-0.05, 0) is 6.42 Å². The molecular weight excluding hydrogens is 220 g/mol. The molecule has 1 rings (SSSR count). The number of hydrogen-bond donors (Lipinski definition) is 3. The predicted octanol–water partition coefficient (Wildman–Crippen LogP) is 2.17. The first-order valence-electron chi connectivity index (χ1n) is 5.63. The molecule has 5 heteroatoms. The summed E-state index contributed by atoms with van der Waals surface area (Å²) in [5.74, 6) is 0.939. The first-order chi connectivity index (χ1) is 7.34. The fraction of sp³-hybridized carbons (Fsp3) is 0.727. The molecule has 1 unspecified atom stereocenters. The van der Waals surface area contributed by atoms with Crippen molar-refractivity contribution in [3.8, 4) is 0 Å². The van der Waals surface area contributed by atoms with Crippen molar-refractivity contribution in [1.82, 2.24) is 9.78 Å². The van der Waals surface area contributed by atoms with Crippen molar-refractivity contribution in [3.63, 3.8) is 0 Å². The molecule has 4 nitrogen and oxygen atoms in total. The first kappa shape index (κ1) is 13.4. The Labute approximate surface area is 103 Å². The van der Waals surface area contributed by atoms with E-state index in [1.807, 2.05) is 10.7 Å². The van der Waals surface area contributed by atoms with Crippen LogP contribution in [0.5, 0.6) is 0 Å². The minimum atomic E-state index is -0.361. The van der Waals surface area contributed by atoms with E-state index in [4.69, 9.17) is 5.73 Å². The van der Waals surface area contributed by atoms with Crippen LogP contribution in [0.25, 0.3) is 0 Å². The third kappa shape index (κ3) is 3.42. The number of nitrogens with one attached hydrogen (secondary N) is 1. The molecule has 0 spiro atoms. The van der Waals surface area contributed by atoms with Crippen molar-refractivity contribution in [2.45, 2.75) is 51.6 Å². The molecule has 0 aliphatic rings. The van der Waals surface area contributed by atoms with E-state index in [1.165, 1.54) is 0 Å². The maximum absolute atomic E-state index is 5.62. The van der Waals surface area contributed by atoms with E-state index in [-0.39, 0.29) is 10.9 Å². The number of thiol groups is 1. The van der Waals surface area contributed by atoms with Crippen molar-refractivity contribution in [1.29, 1.82) is 0 Å².